The van der Waals surface area contributed by atoms with Gasteiger partial charge in [0.15, 0.2) is 17.5 Å². The van der Waals surface area contributed by atoms with E-state index in [1.54, 1.807) is 31.0 Å². The molecule has 0 unspecified atom stereocenters. The van der Waals surface area contributed by atoms with Crippen molar-refractivity contribution >= 4 is 17.7 Å². The van der Waals surface area contributed by atoms with Gasteiger partial charge in [-0.2, -0.15) is 0 Å². The number of carbonyl (C=O) groups excluding carboxylic acids is 1. The fourth-order valence-electron chi connectivity index (χ4n) is 2.63. The summed E-state index contributed by atoms with van der Waals surface area (Å²) in [4.78, 5) is 20.9. The van der Waals surface area contributed by atoms with Crippen LogP contribution in [0, 0.1) is 0 Å². The van der Waals surface area contributed by atoms with Crippen molar-refractivity contribution in [2.45, 2.75) is 24.9 Å². The van der Waals surface area contributed by atoms with E-state index in [0.717, 1.165) is 23.1 Å². The van der Waals surface area contributed by atoms with Gasteiger partial charge in [-0.05, 0) is 12.1 Å². The molecule has 0 bridgehead atoms. The van der Waals surface area contributed by atoms with Gasteiger partial charge in [-0.1, -0.05) is 17.8 Å². The highest BCUT2D eigenvalue weighted by molar-refractivity contribution is 7.99. The van der Waals surface area contributed by atoms with E-state index in [0.29, 0.717) is 23.9 Å². The van der Waals surface area contributed by atoms with Gasteiger partial charge in [0.25, 0.3) is 5.91 Å². The molecule has 1 aliphatic rings. The minimum atomic E-state index is -0.313. The van der Waals surface area contributed by atoms with E-state index in [9.17, 15) is 4.79 Å². The number of imidazole rings is 1. The Bertz CT molecular complexity index is 931. The molecule has 3 heterocycles. The lowest BCUT2D eigenvalue weighted by Gasteiger charge is -2.05. The molecule has 0 fully saturated rings. The summed E-state index contributed by atoms with van der Waals surface area (Å²) in [6, 6.07) is 7.22. The van der Waals surface area contributed by atoms with E-state index in [1.807, 2.05) is 18.3 Å². The summed E-state index contributed by atoms with van der Waals surface area (Å²) < 4.78 is 18.2. The van der Waals surface area contributed by atoms with Crippen molar-refractivity contribution in [1.29, 1.82) is 0 Å². The number of hydrogen-bond donors (Lipinski definition) is 1. The topological polar surface area (TPSA) is 91.4 Å². The lowest BCUT2D eigenvalue weighted by atomic mass is 10.3. The Morgan fingerprint density at radius 3 is 3.11 bits per heavy atom. The number of thioether (sulfide) groups is 1. The standard InChI is InChI=1S/C18H18N4O4S/c1-24-13-3-2-4-14(7-13)25-11-16-21-15(10-26-16)17(23)19-8-12-9-22-5-6-27-18(22)20-12/h2-4,7,9-10H,5-6,8,11H2,1H3,(H,19,23). The van der Waals surface area contributed by atoms with E-state index < -0.39 is 0 Å². The van der Waals surface area contributed by atoms with Gasteiger partial charge in [0.2, 0.25) is 5.89 Å². The van der Waals surface area contributed by atoms with E-state index in [4.69, 9.17) is 13.9 Å². The highest BCUT2D eigenvalue weighted by atomic mass is 32.2. The van der Waals surface area contributed by atoms with Crippen LogP contribution in [0.25, 0.3) is 0 Å². The van der Waals surface area contributed by atoms with Crippen molar-refractivity contribution < 1.29 is 18.7 Å². The minimum Gasteiger partial charge on any atom is -0.497 e. The molecule has 0 aliphatic carbocycles. The Hall–Kier alpha value is -2.94. The second kappa shape index (κ2) is 7.75. The first-order valence-corrected chi connectivity index (χ1v) is 9.38. The summed E-state index contributed by atoms with van der Waals surface area (Å²) in [5.41, 5.74) is 1.04. The largest absolute Gasteiger partial charge is 0.497 e. The predicted octanol–water partition coefficient (Wildman–Crippen LogP) is 2.49. The van der Waals surface area contributed by atoms with Crippen molar-refractivity contribution in [1.82, 2.24) is 19.9 Å². The molecule has 140 valence electrons. The van der Waals surface area contributed by atoms with Crippen LogP contribution >= 0.6 is 11.8 Å². The van der Waals surface area contributed by atoms with Gasteiger partial charge in [0, 0.05) is 24.6 Å². The van der Waals surface area contributed by atoms with Gasteiger partial charge in [0.05, 0.1) is 19.3 Å². The number of aromatic nitrogens is 3. The van der Waals surface area contributed by atoms with Gasteiger partial charge >= 0.3 is 0 Å². The summed E-state index contributed by atoms with van der Waals surface area (Å²) >= 11 is 1.72. The lowest BCUT2D eigenvalue weighted by Crippen LogP contribution is -2.23. The second-order valence-corrected chi connectivity index (χ2v) is 6.90. The van der Waals surface area contributed by atoms with Crippen LogP contribution in [0.4, 0.5) is 0 Å². The third kappa shape index (κ3) is 4.08. The van der Waals surface area contributed by atoms with Crippen LogP contribution in [0.3, 0.4) is 0 Å². The maximum Gasteiger partial charge on any atom is 0.273 e. The first-order valence-electron chi connectivity index (χ1n) is 8.39. The fourth-order valence-corrected chi connectivity index (χ4v) is 3.59. The van der Waals surface area contributed by atoms with Crippen LogP contribution in [0.1, 0.15) is 22.1 Å². The number of ether oxygens (including phenoxy) is 2. The Morgan fingerprint density at radius 2 is 2.26 bits per heavy atom. The molecule has 1 aromatic carbocycles. The molecule has 0 saturated carbocycles. The quantitative estimate of drug-likeness (QED) is 0.667. The number of oxazole rings is 1. The number of nitrogens with one attached hydrogen (secondary N) is 1. The normalized spacial score (nSPS) is 12.6. The Labute approximate surface area is 159 Å². The molecule has 4 rings (SSSR count). The van der Waals surface area contributed by atoms with E-state index in [2.05, 4.69) is 19.9 Å². The van der Waals surface area contributed by atoms with Crippen LogP contribution < -0.4 is 14.8 Å². The van der Waals surface area contributed by atoms with Crippen LogP contribution in [-0.4, -0.2) is 33.3 Å². The summed E-state index contributed by atoms with van der Waals surface area (Å²) in [5.74, 6) is 2.38. The first kappa shape index (κ1) is 17.5. The van der Waals surface area contributed by atoms with Crippen LogP contribution in [-0.2, 0) is 19.7 Å². The van der Waals surface area contributed by atoms with Gasteiger partial charge in [-0.15, -0.1) is 0 Å². The lowest BCUT2D eigenvalue weighted by molar-refractivity contribution is 0.0945. The van der Waals surface area contributed by atoms with Crippen molar-refractivity contribution in [3.63, 3.8) is 0 Å². The average molecular weight is 386 g/mol. The van der Waals surface area contributed by atoms with E-state index >= 15 is 0 Å². The third-order valence-corrected chi connectivity index (χ3v) is 4.94. The summed E-state index contributed by atoms with van der Waals surface area (Å²) in [6.45, 7) is 1.42. The molecular weight excluding hydrogens is 368 g/mol. The number of nitrogens with zero attached hydrogens (tertiary/aromatic N) is 3. The smallest absolute Gasteiger partial charge is 0.273 e. The molecule has 0 radical (unpaired) electrons. The number of aryl methyl sites for hydroxylation is 1. The molecule has 1 aliphatic heterocycles. The zero-order valence-electron chi connectivity index (χ0n) is 14.7. The number of carbonyl (C=O) groups is 1. The summed E-state index contributed by atoms with van der Waals surface area (Å²) in [5, 5.41) is 3.80. The molecule has 9 heteroatoms. The first-order chi connectivity index (χ1) is 13.2. The molecule has 8 nitrogen and oxygen atoms in total. The van der Waals surface area contributed by atoms with Gasteiger partial charge < -0.3 is 23.8 Å². The van der Waals surface area contributed by atoms with Crippen molar-refractivity contribution in [2.75, 3.05) is 12.9 Å². The SMILES string of the molecule is COc1cccc(OCc2nc(C(=O)NCc3cn4c(n3)SCC4)co2)c1. The number of benzene rings is 1. The second-order valence-electron chi connectivity index (χ2n) is 5.83. The Morgan fingerprint density at radius 1 is 1.37 bits per heavy atom. The Balaban J connectivity index is 1.30. The van der Waals surface area contributed by atoms with Crippen molar-refractivity contribution in [2.24, 2.45) is 0 Å². The molecule has 1 amide bonds. The zero-order valence-corrected chi connectivity index (χ0v) is 15.5. The van der Waals surface area contributed by atoms with Gasteiger partial charge in [0.1, 0.15) is 17.8 Å². The highest BCUT2D eigenvalue weighted by Crippen LogP contribution is 2.24. The highest BCUT2D eigenvalue weighted by Gasteiger charge is 2.16. The minimum absolute atomic E-state index is 0.117. The van der Waals surface area contributed by atoms with Crippen LogP contribution in [0.15, 0.2) is 46.3 Å². The monoisotopic (exact) mass is 386 g/mol. The third-order valence-electron chi connectivity index (χ3n) is 3.97. The fraction of sp³-hybridized carbons (Fsp3) is 0.278. The number of amides is 1. The summed E-state index contributed by atoms with van der Waals surface area (Å²) in [7, 11) is 1.59. The molecule has 0 saturated heterocycles. The number of hydrogen-bond acceptors (Lipinski definition) is 7. The predicted molar refractivity (Wildman–Crippen MR) is 98.0 cm³/mol. The molecule has 27 heavy (non-hydrogen) atoms. The number of methoxy groups -OCH3 is 1. The van der Waals surface area contributed by atoms with Crippen LogP contribution in [0.2, 0.25) is 0 Å². The Kier molecular flexibility index (Phi) is 5.01. The maximum atomic E-state index is 12.2. The number of rotatable bonds is 7. The number of fused-ring (bicyclic) bond motifs is 1. The van der Waals surface area contributed by atoms with Crippen molar-refractivity contribution in [3.05, 3.63) is 54.0 Å². The molecule has 0 atom stereocenters. The summed E-state index contributed by atoms with van der Waals surface area (Å²) in [6.07, 6.45) is 3.29. The molecule has 1 N–H and O–H groups in total. The van der Waals surface area contributed by atoms with Crippen LogP contribution in [0.5, 0.6) is 11.5 Å². The van der Waals surface area contributed by atoms with E-state index in [1.165, 1.54) is 6.26 Å². The van der Waals surface area contributed by atoms with Gasteiger partial charge in [-0.3, -0.25) is 4.79 Å². The molecule has 0 spiro atoms. The molecular formula is C18H18N4O4S. The molecule has 2 aromatic heterocycles. The molecule has 3 aromatic rings. The zero-order chi connectivity index (χ0) is 18.6. The van der Waals surface area contributed by atoms with Crippen molar-refractivity contribution in [3.8, 4) is 11.5 Å². The van der Waals surface area contributed by atoms with Gasteiger partial charge in [-0.25, -0.2) is 9.97 Å². The maximum absolute atomic E-state index is 12.2. The van der Waals surface area contributed by atoms with E-state index in [-0.39, 0.29) is 18.2 Å². The average Bonchev–Trinajstić information content (AvgIpc) is 3.40.